The van der Waals surface area contributed by atoms with Gasteiger partial charge in [0.05, 0.1) is 6.10 Å². The molecule has 0 amide bonds. The molecule has 2 unspecified atom stereocenters. The third-order valence-corrected chi connectivity index (χ3v) is 5.05. The Hall–Kier alpha value is 0.230. The number of thiol groups is 1. The quantitative estimate of drug-likeness (QED) is 0.778. The van der Waals surface area contributed by atoms with Crippen LogP contribution in [0.2, 0.25) is 0 Å². The van der Waals surface area contributed by atoms with Crippen molar-refractivity contribution in [2.24, 2.45) is 5.41 Å². The molecule has 0 spiro atoms. The number of likely N-dealkylation sites (N-methyl/N-ethyl adjacent to an activating group) is 1. The molecule has 0 aromatic carbocycles. The zero-order valence-corrected chi connectivity index (χ0v) is 11.9. The average molecular weight is 259 g/mol. The maximum Gasteiger partial charge on any atom is 0.0702 e. The first-order valence-corrected chi connectivity index (χ1v) is 7.31. The zero-order valence-electron chi connectivity index (χ0n) is 11.0. The van der Waals surface area contributed by atoms with Gasteiger partial charge in [-0.3, -0.25) is 0 Å². The molecule has 2 aliphatic heterocycles. The van der Waals surface area contributed by atoms with Gasteiger partial charge in [0.25, 0.3) is 0 Å². The van der Waals surface area contributed by atoms with Gasteiger partial charge in [0, 0.05) is 32.4 Å². The molecular weight excluding hydrogens is 234 g/mol. The molecule has 2 atom stereocenters. The molecule has 17 heavy (non-hydrogen) atoms. The fourth-order valence-electron chi connectivity index (χ4n) is 3.12. The normalized spacial score (nSPS) is 33.2. The first kappa shape index (κ1) is 13.7. The van der Waals surface area contributed by atoms with E-state index >= 15 is 0 Å². The molecule has 2 aliphatic rings. The minimum Gasteiger partial charge on any atom is -0.381 e. The lowest BCUT2D eigenvalue weighted by atomic mass is 9.81. The van der Waals surface area contributed by atoms with Crippen LogP contribution in [0.25, 0.3) is 0 Å². The first-order chi connectivity index (χ1) is 8.17. The molecule has 0 aliphatic carbocycles. The van der Waals surface area contributed by atoms with Crippen LogP contribution in [0, 0.1) is 5.41 Å². The second kappa shape index (κ2) is 5.91. The molecule has 100 valence electrons. The molecule has 0 aromatic rings. The second-order valence-electron chi connectivity index (χ2n) is 5.62. The van der Waals surface area contributed by atoms with Crippen LogP contribution < -0.4 is 0 Å². The summed E-state index contributed by atoms with van der Waals surface area (Å²) < 4.78 is 11.1. The van der Waals surface area contributed by atoms with Gasteiger partial charge < -0.3 is 14.4 Å². The van der Waals surface area contributed by atoms with Crippen LogP contribution >= 0.6 is 12.6 Å². The Balaban J connectivity index is 1.93. The molecule has 0 radical (unpaired) electrons. The summed E-state index contributed by atoms with van der Waals surface area (Å²) >= 11 is 4.58. The third-order valence-electron chi connectivity index (χ3n) is 4.38. The maximum absolute atomic E-state index is 5.66. The number of hydrogen-bond donors (Lipinski definition) is 1. The summed E-state index contributed by atoms with van der Waals surface area (Å²) in [6.07, 6.45) is 3.82. The zero-order chi connectivity index (χ0) is 12.3. The van der Waals surface area contributed by atoms with E-state index in [1.54, 1.807) is 0 Å². The summed E-state index contributed by atoms with van der Waals surface area (Å²) in [5, 5.41) is 0. The summed E-state index contributed by atoms with van der Waals surface area (Å²) in [4.78, 5) is 2.49. The van der Waals surface area contributed by atoms with Crippen molar-refractivity contribution in [1.82, 2.24) is 4.90 Å². The SMILES string of the molecule is CC1OCCC1N(C)CC1(CS)CCOCC1. The molecular formula is C13H25NO2S. The van der Waals surface area contributed by atoms with E-state index in [0.29, 0.717) is 17.6 Å². The summed E-state index contributed by atoms with van der Waals surface area (Å²) in [6.45, 7) is 6.01. The maximum atomic E-state index is 5.66. The lowest BCUT2D eigenvalue weighted by Gasteiger charge is -2.41. The van der Waals surface area contributed by atoms with Gasteiger partial charge in [-0.25, -0.2) is 0 Å². The second-order valence-corrected chi connectivity index (χ2v) is 5.93. The van der Waals surface area contributed by atoms with Crippen molar-refractivity contribution in [1.29, 1.82) is 0 Å². The predicted molar refractivity (Wildman–Crippen MR) is 72.8 cm³/mol. The standard InChI is InChI=1S/C13H25NO2S/c1-11-12(3-6-16-11)14(2)9-13(10-17)4-7-15-8-5-13/h11-12,17H,3-10H2,1-2H3. The highest BCUT2D eigenvalue weighted by Crippen LogP contribution is 2.34. The lowest BCUT2D eigenvalue weighted by Crippen LogP contribution is -2.47. The fraction of sp³-hybridized carbons (Fsp3) is 1.00. The Bertz CT molecular complexity index is 244. The van der Waals surface area contributed by atoms with E-state index in [1.807, 2.05) is 0 Å². The molecule has 0 aromatic heterocycles. The molecule has 3 nitrogen and oxygen atoms in total. The van der Waals surface area contributed by atoms with Crippen LogP contribution in [0.3, 0.4) is 0 Å². The number of nitrogens with zero attached hydrogens (tertiary/aromatic N) is 1. The van der Waals surface area contributed by atoms with Gasteiger partial charge >= 0.3 is 0 Å². The van der Waals surface area contributed by atoms with E-state index < -0.39 is 0 Å². The molecule has 4 heteroatoms. The van der Waals surface area contributed by atoms with E-state index in [4.69, 9.17) is 9.47 Å². The number of rotatable bonds is 4. The molecule has 2 fully saturated rings. The van der Waals surface area contributed by atoms with Crippen molar-refractivity contribution in [3.05, 3.63) is 0 Å². The summed E-state index contributed by atoms with van der Waals surface area (Å²) in [6, 6.07) is 0.578. The van der Waals surface area contributed by atoms with Crippen LogP contribution in [0.4, 0.5) is 0 Å². The molecule has 0 N–H and O–H groups in total. The lowest BCUT2D eigenvalue weighted by molar-refractivity contribution is -0.00148. The van der Waals surface area contributed by atoms with E-state index in [0.717, 1.165) is 51.4 Å². The monoisotopic (exact) mass is 259 g/mol. The van der Waals surface area contributed by atoms with Crippen LogP contribution in [0.15, 0.2) is 0 Å². The summed E-state index contributed by atoms with van der Waals surface area (Å²) in [7, 11) is 2.23. The molecule has 0 saturated carbocycles. The van der Waals surface area contributed by atoms with Gasteiger partial charge in [0.2, 0.25) is 0 Å². The van der Waals surface area contributed by atoms with E-state index in [-0.39, 0.29) is 0 Å². The third kappa shape index (κ3) is 3.16. The Morgan fingerprint density at radius 2 is 2.00 bits per heavy atom. The summed E-state index contributed by atoms with van der Waals surface area (Å²) in [5.41, 5.74) is 0.346. The Kier molecular flexibility index (Phi) is 4.75. The Labute approximate surface area is 110 Å². The number of hydrogen-bond acceptors (Lipinski definition) is 4. The minimum absolute atomic E-state index is 0.346. The highest BCUT2D eigenvalue weighted by atomic mass is 32.1. The van der Waals surface area contributed by atoms with Gasteiger partial charge in [-0.15, -0.1) is 0 Å². The van der Waals surface area contributed by atoms with Crippen LogP contribution in [0.5, 0.6) is 0 Å². The van der Waals surface area contributed by atoms with Crippen molar-refractivity contribution >= 4 is 12.6 Å². The van der Waals surface area contributed by atoms with Gasteiger partial charge in [-0.2, -0.15) is 12.6 Å². The Morgan fingerprint density at radius 3 is 2.53 bits per heavy atom. The summed E-state index contributed by atoms with van der Waals surface area (Å²) in [5.74, 6) is 0.961. The molecule has 2 saturated heterocycles. The fourth-order valence-corrected chi connectivity index (χ4v) is 3.53. The van der Waals surface area contributed by atoms with Crippen LogP contribution in [-0.4, -0.2) is 56.2 Å². The van der Waals surface area contributed by atoms with E-state index in [9.17, 15) is 0 Å². The van der Waals surface area contributed by atoms with Crippen LogP contribution in [0.1, 0.15) is 26.2 Å². The van der Waals surface area contributed by atoms with Crippen molar-refractivity contribution in [2.45, 2.75) is 38.3 Å². The van der Waals surface area contributed by atoms with E-state index in [1.165, 1.54) is 0 Å². The van der Waals surface area contributed by atoms with Gasteiger partial charge in [-0.1, -0.05) is 0 Å². The van der Waals surface area contributed by atoms with Crippen molar-refractivity contribution in [3.8, 4) is 0 Å². The largest absolute Gasteiger partial charge is 0.381 e. The minimum atomic E-state index is 0.346. The predicted octanol–water partition coefficient (Wildman–Crippen LogP) is 1.82. The number of ether oxygens (including phenoxy) is 2. The molecule has 2 heterocycles. The van der Waals surface area contributed by atoms with Crippen molar-refractivity contribution in [2.75, 3.05) is 39.2 Å². The van der Waals surface area contributed by atoms with Crippen molar-refractivity contribution in [3.63, 3.8) is 0 Å². The smallest absolute Gasteiger partial charge is 0.0702 e. The van der Waals surface area contributed by atoms with Crippen molar-refractivity contribution < 1.29 is 9.47 Å². The highest BCUT2D eigenvalue weighted by Gasteiger charge is 2.36. The average Bonchev–Trinajstić information content (AvgIpc) is 2.77. The molecule has 0 bridgehead atoms. The molecule has 2 rings (SSSR count). The van der Waals surface area contributed by atoms with Gasteiger partial charge in [0.1, 0.15) is 0 Å². The van der Waals surface area contributed by atoms with Gasteiger partial charge in [-0.05, 0) is 44.4 Å². The van der Waals surface area contributed by atoms with Crippen LogP contribution in [-0.2, 0) is 9.47 Å². The van der Waals surface area contributed by atoms with Gasteiger partial charge in [0.15, 0.2) is 0 Å². The first-order valence-electron chi connectivity index (χ1n) is 6.67. The topological polar surface area (TPSA) is 21.7 Å². The van der Waals surface area contributed by atoms with E-state index in [2.05, 4.69) is 31.5 Å². The Morgan fingerprint density at radius 1 is 1.29 bits per heavy atom. The highest BCUT2D eigenvalue weighted by molar-refractivity contribution is 7.80.